The van der Waals surface area contributed by atoms with Crippen molar-refractivity contribution in [3.05, 3.63) is 24.3 Å². The maximum atomic E-state index is 12.3. The maximum absolute atomic E-state index is 12.3. The van der Waals surface area contributed by atoms with Crippen LogP contribution in [-0.4, -0.2) is 36.9 Å². The summed E-state index contributed by atoms with van der Waals surface area (Å²) in [6, 6.07) is 7.15. The summed E-state index contributed by atoms with van der Waals surface area (Å²) in [5, 5.41) is 2.79. The second kappa shape index (κ2) is 9.07. The Balaban J connectivity index is 2.62. The van der Waals surface area contributed by atoms with Crippen molar-refractivity contribution in [2.24, 2.45) is 5.92 Å². The SMILES string of the molecule is CCCC(C)C(=O)N(CC)CC(=O)Nc1cccc(OC)c1. The maximum Gasteiger partial charge on any atom is 0.243 e. The molecule has 0 radical (unpaired) electrons. The van der Waals surface area contributed by atoms with Crippen LogP contribution in [0.2, 0.25) is 0 Å². The molecule has 1 atom stereocenters. The van der Waals surface area contributed by atoms with Gasteiger partial charge in [0.05, 0.1) is 13.7 Å². The summed E-state index contributed by atoms with van der Waals surface area (Å²) in [6.45, 7) is 6.44. The number of anilines is 1. The van der Waals surface area contributed by atoms with E-state index in [1.165, 1.54) is 0 Å². The Bertz CT molecular complexity index is 502. The van der Waals surface area contributed by atoms with Gasteiger partial charge in [0.25, 0.3) is 0 Å². The minimum Gasteiger partial charge on any atom is -0.497 e. The van der Waals surface area contributed by atoms with Crippen molar-refractivity contribution in [2.75, 3.05) is 25.5 Å². The molecule has 1 unspecified atom stereocenters. The van der Waals surface area contributed by atoms with Gasteiger partial charge in [-0.2, -0.15) is 0 Å². The highest BCUT2D eigenvalue weighted by Gasteiger charge is 2.20. The normalized spacial score (nSPS) is 11.6. The molecule has 0 aromatic heterocycles. The summed E-state index contributed by atoms with van der Waals surface area (Å²) in [5.74, 6) is 0.463. The monoisotopic (exact) mass is 306 g/mol. The zero-order chi connectivity index (χ0) is 16.5. The lowest BCUT2D eigenvalue weighted by molar-refractivity contribution is -0.137. The quantitative estimate of drug-likeness (QED) is 0.803. The number of nitrogens with one attached hydrogen (secondary N) is 1. The molecule has 1 rings (SSSR count). The van der Waals surface area contributed by atoms with E-state index in [4.69, 9.17) is 4.74 Å². The smallest absolute Gasteiger partial charge is 0.243 e. The third-order valence-electron chi connectivity index (χ3n) is 3.52. The molecular formula is C17H26N2O3. The highest BCUT2D eigenvalue weighted by molar-refractivity contribution is 5.94. The van der Waals surface area contributed by atoms with E-state index < -0.39 is 0 Å². The number of carbonyl (C=O) groups is 2. The average Bonchev–Trinajstić information content (AvgIpc) is 2.52. The fraction of sp³-hybridized carbons (Fsp3) is 0.529. The van der Waals surface area contributed by atoms with Crippen LogP contribution >= 0.6 is 0 Å². The summed E-state index contributed by atoms with van der Waals surface area (Å²) in [7, 11) is 1.58. The topological polar surface area (TPSA) is 58.6 Å². The molecule has 1 aromatic rings. The first-order valence-electron chi connectivity index (χ1n) is 7.74. The summed E-state index contributed by atoms with van der Waals surface area (Å²) in [6.07, 6.45) is 1.80. The summed E-state index contributed by atoms with van der Waals surface area (Å²) < 4.78 is 5.12. The lowest BCUT2D eigenvalue weighted by atomic mass is 10.0. The number of amides is 2. The molecule has 0 aliphatic heterocycles. The molecule has 0 spiro atoms. The van der Waals surface area contributed by atoms with Crippen molar-refractivity contribution in [3.63, 3.8) is 0 Å². The Kier molecular flexibility index (Phi) is 7.43. The predicted molar refractivity (Wildman–Crippen MR) is 87.9 cm³/mol. The van der Waals surface area contributed by atoms with E-state index in [2.05, 4.69) is 12.2 Å². The standard InChI is InChI=1S/C17H26N2O3/c1-5-8-13(3)17(21)19(6-2)12-16(20)18-14-9-7-10-15(11-14)22-4/h7,9-11,13H,5-6,8,12H2,1-4H3,(H,18,20). The Morgan fingerprint density at radius 3 is 2.64 bits per heavy atom. The van der Waals surface area contributed by atoms with Crippen molar-refractivity contribution < 1.29 is 14.3 Å². The summed E-state index contributed by atoms with van der Waals surface area (Å²) >= 11 is 0. The highest BCUT2D eigenvalue weighted by atomic mass is 16.5. The van der Waals surface area contributed by atoms with Gasteiger partial charge in [-0.25, -0.2) is 0 Å². The van der Waals surface area contributed by atoms with Gasteiger partial charge in [0, 0.05) is 24.2 Å². The summed E-state index contributed by atoms with van der Waals surface area (Å²) in [5.41, 5.74) is 0.662. The van der Waals surface area contributed by atoms with Crippen LogP contribution in [0.25, 0.3) is 0 Å². The largest absolute Gasteiger partial charge is 0.497 e. The van der Waals surface area contributed by atoms with Crippen LogP contribution < -0.4 is 10.1 Å². The highest BCUT2D eigenvalue weighted by Crippen LogP contribution is 2.17. The molecular weight excluding hydrogens is 280 g/mol. The lowest BCUT2D eigenvalue weighted by Gasteiger charge is -2.23. The molecule has 5 heteroatoms. The third kappa shape index (κ3) is 5.39. The van der Waals surface area contributed by atoms with Gasteiger partial charge in [-0.05, 0) is 25.5 Å². The first-order valence-corrected chi connectivity index (χ1v) is 7.74. The fourth-order valence-electron chi connectivity index (χ4n) is 2.29. The van der Waals surface area contributed by atoms with Gasteiger partial charge in [-0.3, -0.25) is 9.59 Å². The number of rotatable bonds is 8. The van der Waals surface area contributed by atoms with Crippen molar-refractivity contribution in [1.29, 1.82) is 0 Å². The second-order valence-corrected chi connectivity index (χ2v) is 5.32. The predicted octanol–water partition coefficient (Wildman–Crippen LogP) is 2.92. The van der Waals surface area contributed by atoms with E-state index >= 15 is 0 Å². The molecule has 0 aliphatic rings. The molecule has 0 saturated heterocycles. The number of hydrogen-bond donors (Lipinski definition) is 1. The number of likely N-dealkylation sites (N-methyl/N-ethyl adjacent to an activating group) is 1. The van der Waals surface area contributed by atoms with Gasteiger partial charge < -0.3 is 15.0 Å². The van der Waals surface area contributed by atoms with Crippen molar-refractivity contribution in [3.8, 4) is 5.75 Å². The van der Waals surface area contributed by atoms with Gasteiger partial charge in [0.1, 0.15) is 5.75 Å². The number of hydrogen-bond acceptors (Lipinski definition) is 3. The van der Waals surface area contributed by atoms with Crippen LogP contribution in [0.5, 0.6) is 5.75 Å². The Morgan fingerprint density at radius 2 is 2.05 bits per heavy atom. The number of benzene rings is 1. The second-order valence-electron chi connectivity index (χ2n) is 5.32. The van der Waals surface area contributed by atoms with Gasteiger partial charge in [-0.15, -0.1) is 0 Å². The van der Waals surface area contributed by atoms with Crippen LogP contribution in [0.15, 0.2) is 24.3 Å². The van der Waals surface area contributed by atoms with E-state index in [0.717, 1.165) is 12.8 Å². The molecule has 0 fully saturated rings. The van der Waals surface area contributed by atoms with E-state index in [-0.39, 0.29) is 24.3 Å². The van der Waals surface area contributed by atoms with E-state index in [1.54, 1.807) is 30.2 Å². The number of nitrogens with zero attached hydrogens (tertiary/aromatic N) is 1. The van der Waals surface area contributed by atoms with Crippen LogP contribution in [0.1, 0.15) is 33.6 Å². The first kappa shape index (κ1) is 18.0. The molecule has 1 N–H and O–H groups in total. The van der Waals surface area contributed by atoms with Crippen molar-refractivity contribution >= 4 is 17.5 Å². The van der Waals surface area contributed by atoms with Crippen LogP contribution in [0.3, 0.4) is 0 Å². The first-order chi connectivity index (χ1) is 10.5. The van der Waals surface area contributed by atoms with Gasteiger partial charge in [0.2, 0.25) is 11.8 Å². The number of methoxy groups -OCH3 is 1. The van der Waals surface area contributed by atoms with Crippen LogP contribution in [-0.2, 0) is 9.59 Å². The van der Waals surface area contributed by atoms with E-state index in [0.29, 0.717) is 18.0 Å². The molecule has 0 saturated carbocycles. The molecule has 122 valence electrons. The molecule has 5 nitrogen and oxygen atoms in total. The molecule has 0 bridgehead atoms. The van der Waals surface area contributed by atoms with Crippen molar-refractivity contribution in [2.45, 2.75) is 33.6 Å². The molecule has 0 heterocycles. The Morgan fingerprint density at radius 1 is 1.32 bits per heavy atom. The Labute approximate surface area is 132 Å². The number of ether oxygens (including phenoxy) is 1. The zero-order valence-corrected chi connectivity index (χ0v) is 13.9. The lowest BCUT2D eigenvalue weighted by Crippen LogP contribution is -2.40. The average molecular weight is 306 g/mol. The number of carbonyl (C=O) groups excluding carboxylic acids is 2. The summed E-state index contributed by atoms with van der Waals surface area (Å²) in [4.78, 5) is 26.0. The van der Waals surface area contributed by atoms with Crippen LogP contribution in [0.4, 0.5) is 5.69 Å². The minimum absolute atomic E-state index is 0.0325. The van der Waals surface area contributed by atoms with Gasteiger partial charge >= 0.3 is 0 Å². The van der Waals surface area contributed by atoms with Crippen LogP contribution in [0, 0.1) is 5.92 Å². The molecule has 22 heavy (non-hydrogen) atoms. The van der Waals surface area contributed by atoms with Crippen molar-refractivity contribution in [1.82, 2.24) is 4.90 Å². The minimum atomic E-state index is -0.202. The van der Waals surface area contributed by atoms with E-state index in [9.17, 15) is 9.59 Å². The molecule has 0 aliphatic carbocycles. The zero-order valence-electron chi connectivity index (χ0n) is 13.9. The molecule has 2 amide bonds. The van der Waals surface area contributed by atoms with Gasteiger partial charge in [0.15, 0.2) is 0 Å². The fourth-order valence-corrected chi connectivity index (χ4v) is 2.29. The van der Waals surface area contributed by atoms with E-state index in [1.807, 2.05) is 19.9 Å². The Hall–Kier alpha value is -2.04. The third-order valence-corrected chi connectivity index (χ3v) is 3.52. The van der Waals surface area contributed by atoms with Gasteiger partial charge in [-0.1, -0.05) is 26.3 Å². The molecule has 1 aromatic carbocycles.